The lowest BCUT2D eigenvalue weighted by atomic mass is 10.0. The summed E-state index contributed by atoms with van der Waals surface area (Å²) in [7, 11) is 0. The topological polar surface area (TPSA) is 73.1 Å². The second-order valence-electron chi connectivity index (χ2n) is 7.60. The van der Waals surface area contributed by atoms with Crippen LogP contribution < -0.4 is 9.64 Å². The van der Waals surface area contributed by atoms with Gasteiger partial charge in [0.05, 0.1) is 23.5 Å². The molecule has 1 aromatic heterocycles. The van der Waals surface area contributed by atoms with Gasteiger partial charge in [0.25, 0.3) is 0 Å². The van der Waals surface area contributed by atoms with E-state index in [0.29, 0.717) is 17.8 Å². The zero-order chi connectivity index (χ0) is 20.3. The molecule has 2 heterocycles. The van der Waals surface area contributed by atoms with Gasteiger partial charge in [-0.25, -0.2) is 4.68 Å². The van der Waals surface area contributed by atoms with Crippen molar-refractivity contribution in [3.8, 4) is 5.75 Å². The number of benzene rings is 2. The Balaban J connectivity index is 1.39. The number of tetrazole rings is 1. The van der Waals surface area contributed by atoms with Crippen LogP contribution in [0.2, 0.25) is 0 Å². The number of hydrogen-bond acceptors (Lipinski definition) is 6. The molecule has 8 heteroatoms. The molecule has 154 valence electrons. The molecule has 1 amide bonds. The molecular formula is C22H23N5O2S. The number of thioether (sulfide) groups is 1. The van der Waals surface area contributed by atoms with Crippen molar-refractivity contribution < 1.29 is 9.53 Å². The van der Waals surface area contributed by atoms with E-state index in [0.717, 1.165) is 29.8 Å². The Kier molecular flexibility index (Phi) is 5.40. The molecule has 0 spiro atoms. The maximum atomic E-state index is 13.4. The number of para-hydroxylation sites is 2. The smallest absolute Gasteiger partial charge is 0.238 e. The van der Waals surface area contributed by atoms with Gasteiger partial charge in [-0.1, -0.05) is 67.1 Å². The fourth-order valence-corrected chi connectivity index (χ4v) is 5.08. The average molecular weight is 422 g/mol. The summed E-state index contributed by atoms with van der Waals surface area (Å²) in [6.45, 7) is 0.428. The van der Waals surface area contributed by atoms with E-state index in [4.69, 9.17) is 4.74 Å². The molecule has 0 bridgehead atoms. The summed E-state index contributed by atoms with van der Waals surface area (Å²) in [5.41, 5.74) is 1.86. The lowest BCUT2D eigenvalue weighted by Crippen LogP contribution is -2.42. The van der Waals surface area contributed by atoms with Crippen LogP contribution >= 0.6 is 11.8 Å². The van der Waals surface area contributed by atoms with E-state index < -0.39 is 0 Å². The number of aromatic nitrogens is 4. The van der Waals surface area contributed by atoms with Crippen LogP contribution in [0, 0.1) is 0 Å². The summed E-state index contributed by atoms with van der Waals surface area (Å²) < 4.78 is 7.87. The molecule has 7 nitrogen and oxygen atoms in total. The van der Waals surface area contributed by atoms with E-state index in [9.17, 15) is 4.79 Å². The van der Waals surface area contributed by atoms with E-state index in [1.807, 2.05) is 64.2 Å². The molecule has 2 aromatic carbocycles. The predicted molar refractivity (Wildman–Crippen MR) is 115 cm³/mol. The highest BCUT2D eigenvalue weighted by atomic mass is 32.2. The van der Waals surface area contributed by atoms with Gasteiger partial charge in [-0.15, -0.1) is 5.10 Å². The second kappa shape index (κ2) is 8.47. The Morgan fingerprint density at radius 3 is 2.67 bits per heavy atom. The van der Waals surface area contributed by atoms with Crippen LogP contribution in [0.5, 0.6) is 5.75 Å². The van der Waals surface area contributed by atoms with E-state index in [-0.39, 0.29) is 17.7 Å². The van der Waals surface area contributed by atoms with Crippen molar-refractivity contribution in [2.24, 2.45) is 0 Å². The highest BCUT2D eigenvalue weighted by molar-refractivity contribution is 7.99. The lowest BCUT2D eigenvalue weighted by Gasteiger charge is -2.37. The number of carbonyl (C=O) groups excluding carboxylic acids is 1. The summed E-state index contributed by atoms with van der Waals surface area (Å²) in [5, 5.41) is 12.9. The Bertz CT molecular complexity index is 1020. The third kappa shape index (κ3) is 3.67. The summed E-state index contributed by atoms with van der Waals surface area (Å²) in [5.74, 6) is 1.02. The predicted octanol–water partition coefficient (Wildman–Crippen LogP) is 4.05. The first-order valence-corrected chi connectivity index (χ1v) is 11.3. The zero-order valence-corrected chi connectivity index (χ0v) is 17.4. The largest absolute Gasteiger partial charge is 0.489 e. The van der Waals surface area contributed by atoms with Crippen molar-refractivity contribution in [3.63, 3.8) is 0 Å². The van der Waals surface area contributed by atoms with Gasteiger partial charge >= 0.3 is 0 Å². The SMILES string of the molecule is O=C(CSc1nnnn1C1CCCC1)N1c2ccccc2OC[C@@H]1c1ccccc1. The number of rotatable bonds is 5. The molecule has 1 atom stereocenters. The first-order valence-electron chi connectivity index (χ1n) is 10.3. The van der Waals surface area contributed by atoms with Crippen LogP contribution in [0.3, 0.4) is 0 Å². The van der Waals surface area contributed by atoms with Crippen molar-refractivity contribution in [1.29, 1.82) is 0 Å². The van der Waals surface area contributed by atoms with Crippen LogP contribution in [-0.2, 0) is 4.79 Å². The van der Waals surface area contributed by atoms with Crippen molar-refractivity contribution in [3.05, 3.63) is 60.2 Å². The Labute approximate surface area is 179 Å². The van der Waals surface area contributed by atoms with Crippen molar-refractivity contribution in [2.75, 3.05) is 17.3 Å². The minimum Gasteiger partial charge on any atom is -0.489 e. The van der Waals surface area contributed by atoms with Crippen molar-refractivity contribution >= 4 is 23.4 Å². The number of nitrogens with zero attached hydrogens (tertiary/aromatic N) is 5. The van der Waals surface area contributed by atoms with Crippen molar-refractivity contribution in [1.82, 2.24) is 20.2 Å². The zero-order valence-electron chi connectivity index (χ0n) is 16.6. The molecule has 5 rings (SSSR count). The molecule has 0 saturated heterocycles. The van der Waals surface area contributed by atoms with Gasteiger partial charge in [0, 0.05) is 0 Å². The fourth-order valence-electron chi connectivity index (χ4n) is 4.27. The summed E-state index contributed by atoms with van der Waals surface area (Å²) in [6.07, 6.45) is 4.60. The molecule has 1 aliphatic heterocycles. The van der Waals surface area contributed by atoms with E-state index in [2.05, 4.69) is 15.5 Å². The van der Waals surface area contributed by atoms with Gasteiger partial charge in [0.15, 0.2) is 0 Å². The number of ether oxygens (including phenoxy) is 1. The molecule has 1 aliphatic carbocycles. The third-order valence-corrected chi connectivity index (χ3v) is 6.66. The normalized spacial score (nSPS) is 18.8. The maximum Gasteiger partial charge on any atom is 0.238 e. The first-order chi connectivity index (χ1) is 14.8. The number of hydrogen-bond donors (Lipinski definition) is 0. The third-order valence-electron chi connectivity index (χ3n) is 5.74. The monoisotopic (exact) mass is 421 g/mol. The highest BCUT2D eigenvalue weighted by Gasteiger charge is 2.33. The summed E-state index contributed by atoms with van der Waals surface area (Å²) in [6, 6.07) is 17.9. The quantitative estimate of drug-likeness (QED) is 0.579. The van der Waals surface area contributed by atoms with Gasteiger partial charge in [-0.2, -0.15) is 0 Å². The van der Waals surface area contributed by atoms with Crippen LogP contribution in [0.1, 0.15) is 43.3 Å². The minimum absolute atomic E-state index is 0.0191. The molecule has 1 fully saturated rings. The van der Waals surface area contributed by atoms with Crippen LogP contribution in [0.15, 0.2) is 59.8 Å². The van der Waals surface area contributed by atoms with Crippen LogP contribution in [-0.4, -0.2) is 38.5 Å². The number of fused-ring (bicyclic) bond motifs is 1. The molecule has 0 radical (unpaired) electrons. The second-order valence-corrected chi connectivity index (χ2v) is 8.54. The summed E-state index contributed by atoms with van der Waals surface area (Å²) in [4.78, 5) is 15.3. The van der Waals surface area contributed by atoms with Gasteiger partial charge < -0.3 is 4.74 Å². The average Bonchev–Trinajstić information content (AvgIpc) is 3.49. The molecule has 1 saturated carbocycles. The highest BCUT2D eigenvalue weighted by Crippen LogP contribution is 2.40. The number of carbonyl (C=O) groups is 1. The Hall–Kier alpha value is -2.87. The van der Waals surface area contributed by atoms with Gasteiger partial charge in [-0.3, -0.25) is 9.69 Å². The number of anilines is 1. The molecular weight excluding hydrogens is 398 g/mol. The molecule has 30 heavy (non-hydrogen) atoms. The molecule has 3 aromatic rings. The fraction of sp³-hybridized carbons (Fsp3) is 0.364. The van der Waals surface area contributed by atoms with Gasteiger partial charge in [-0.05, 0) is 41.0 Å². The number of amides is 1. The lowest BCUT2D eigenvalue weighted by molar-refractivity contribution is -0.117. The minimum atomic E-state index is -0.167. The van der Waals surface area contributed by atoms with Crippen molar-refractivity contribution in [2.45, 2.75) is 42.9 Å². The molecule has 0 N–H and O–H groups in total. The first kappa shape index (κ1) is 19.1. The summed E-state index contributed by atoms with van der Waals surface area (Å²) >= 11 is 1.41. The van der Waals surface area contributed by atoms with Gasteiger partial charge in [0.2, 0.25) is 11.1 Å². The Morgan fingerprint density at radius 2 is 1.83 bits per heavy atom. The Morgan fingerprint density at radius 1 is 1.07 bits per heavy atom. The van der Waals surface area contributed by atoms with E-state index in [1.54, 1.807) is 0 Å². The standard InChI is InChI=1S/C22H23N5O2S/c28-21(15-30-22-23-24-25-27(22)17-10-4-5-11-17)26-18-12-6-7-13-20(18)29-14-19(26)16-8-2-1-3-9-16/h1-3,6-9,12-13,17,19H,4-5,10-11,14-15H2/t19-/m1/s1. The molecule has 2 aliphatic rings. The van der Waals surface area contributed by atoms with Crippen LogP contribution in [0.4, 0.5) is 5.69 Å². The van der Waals surface area contributed by atoms with E-state index >= 15 is 0 Å². The molecule has 0 unspecified atom stereocenters. The maximum absolute atomic E-state index is 13.4. The van der Waals surface area contributed by atoms with E-state index in [1.165, 1.54) is 24.6 Å². The van der Waals surface area contributed by atoms with Gasteiger partial charge in [0.1, 0.15) is 12.4 Å². The van der Waals surface area contributed by atoms with Crippen LogP contribution in [0.25, 0.3) is 0 Å².